The minimum absolute atomic E-state index is 0.217. The molecule has 0 amide bonds. The number of carboxylic acids is 3. The third kappa shape index (κ3) is 4.77. The molecule has 0 bridgehead atoms. The smallest absolute Gasteiger partial charge is 0.0450 e. The summed E-state index contributed by atoms with van der Waals surface area (Å²) < 4.78 is 0. The minimum Gasteiger partial charge on any atom is -0.550 e. The number of carbonyl (C=O) groups is 3. The zero-order chi connectivity index (χ0) is 12.9. The van der Waals surface area contributed by atoms with Crippen molar-refractivity contribution in [2.24, 2.45) is 11.3 Å². The normalized spacial score (nSPS) is 13.1. The first kappa shape index (κ1) is 14.4. The molecule has 6 heteroatoms. The van der Waals surface area contributed by atoms with Crippen molar-refractivity contribution in [2.75, 3.05) is 0 Å². The fourth-order valence-corrected chi connectivity index (χ4v) is 1.59. The Morgan fingerprint density at radius 1 is 1.06 bits per heavy atom. The summed E-state index contributed by atoms with van der Waals surface area (Å²) in [7, 11) is 0. The lowest BCUT2D eigenvalue weighted by atomic mass is 9.74. The van der Waals surface area contributed by atoms with Gasteiger partial charge < -0.3 is 29.7 Å². The van der Waals surface area contributed by atoms with Gasteiger partial charge in [0.1, 0.15) is 0 Å². The first-order valence-corrected chi connectivity index (χ1v) is 4.77. The average Bonchev–Trinajstić information content (AvgIpc) is 1.98. The van der Waals surface area contributed by atoms with Gasteiger partial charge >= 0.3 is 0 Å². The van der Waals surface area contributed by atoms with Crippen LogP contribution in [0.5, 0.6) is 0 Å². The van der Waals surface area contributed by atoms with Gasteiger partial charge in [-0.05, 0) is 24.7 Å². The summed E-state index contributed by atoms with van der Waals surface area (Å²) in [6, 6.07) is 0. The molecule has 16 heavy (non-hydrogen) atoms. The van der Waals surface area contributed by atoms with Gasteiger partial charge in [-0.15, -0.1) is 0 Å². The van der Waals surface area contributed by atoms with E-state index in [9.17, 15) is 29.7 Å². The Morgan fingerprint density at radius 3 is 1.88 bits per heavy atom. The third-order valence-electron chi connectivity index (χ3n) is 2.46. The number of carboxylic acid groups (broad SMARTS) is 3. The number of hydrogen-bond acceptors (Lipinski definition) is 6. The zero-order valence-electron chi connectivity index (χ0n) is 9.15. The maximum absolute atomic E-state index is 10.8. The molecule has 0 saturated heterocycles. The van der Waals surface area contributed by atoms with Crippen molar-refractivity contribution >= 4 is 17.9 Å². The molecule has 0 unspecified atom stereocenters. The van der Waals surface area contributed by atoms with Crippen LogP contribution in [0, 0.1) is 11.3 Å². The summed E-state index contributed by atoms with van der Waals surface area (Å²) in [6.07, 6.45) is -1.14. The minimum atomic E-state index is -1.47. The fourth-order valence-electron chi connectivity index (χ4n) is 1.59. The molecule has 92 valence electrons. The van der Waals surface area contributed by atoms with Crippen molar-refractivity contribution in [2.45, 2.75) is 33.1 Å². The topological polar surface area (TPSA) is 120 Å². The highest BCUT2D eigenvalue weighted by molar-refractivity contribution is 5.72. The van der Waals surface area contributed by atoms with E-state index in [4.69, 9.17) is 0 Å². The molecular weight excluding hydrogens is 216 g/mol. The van der Waals surface area contributed by atoms with Crippen LogP contribution in [-0.4, -0.2) is 17.9 Å². The third-order valence-corrected chi connectivity index (χ3v) is 2.46. The molecule has 0 aliphatic heterocycles. The Hall–Kier alpha value is -1.59. The van der Waals surface area contributed by atoms with Crippen LogP contribution in [0.15, 0.2) is 0 Å². The van der Waals surface area contributed by atoms with Gasteiger partial charge in [0.2, 0.25) is 0 Å². The summed E-state index contributed by atoms with van der Waals surface area (Å²) in [4.78, 5) is 31.5. The van der Waals surface area contributed by atoms with E-state index in [1.807, 2.05) is 0 Å². The summed E-state index contributed by atoms with van der Waals surface area (Å²) in [5, 5.41) is 31.5. The van der Waals surface area contributed by atoms with Crippen LogP contribution in [0.2, 0.25) is 0 Å². The molecule has 0 heterocycles. The Labute approximate surface area is 92.9 Å². The number of hydrogen-bond donors (Lipinski definition) is 0. The molecule has 0 N–H and O–H groups in total. The van der Waals surface area contributed by atoms with Crippen molar-refractivity contribution < 1.29 is 29.7 Å². The highest BCUT2D eigenvalue weighted by Crippen LogP contribution is 2.33. The average molecular weight is 229 g/mol. The van der Waals surface area contributed by atoms with Crippen molar-refractivity contribution in [3.63, 3.8) is 0 Å². The van der Waals surface area contributed by atoms with E-state index >= 15 is 0 Å². The Morgan fingerprint density at radius 2 is 1.56 bits per heavy atom. The lowest BCUT2D eigenvalue weighted by molar-refractivity contribution is -0.319. The molecule has 0 aromatic heterocycles. The summed E-state index contributed by atoms with van der Waals surface area (Å²) in [5.41, 5.74) is -1.12. The van der Waals surface area contributed by atoms with E-state index in [2.05, 4.69) is 0 Å². The van der Waals surface area contributed by atoms with E-state index in [1.165, 1.54) is 13.8 Å². The fraction of sp³-hybridized carbons (Fsp3) is 0.700. The predicted molar refractivity (Wildman–Crippen MR) is 46.1 cm³/mol. The summed E-state index contributed by atoms with van der Waals surface area (Å²) in [6.45, 7) is 2.83. The molecule has 0 aromatic rings. The number of aliphatic carboxylic acids is 3. The molecule has 0 saturated carbocycles. The molecule has 0 aliphatic rings. The number of rotatable bonds is 7. The Balaban J connectivity index is 4.68. The first-order chi connectivity index (χ1) is 7.16. The molecular formula is C10H13O6-3. The molecule has 6 nitrogen and oxygen atoms in total. The molecule has 0 radical (unpaired) electrons. The van der Waals surface area contributed by atoms with Crippen LogP contribution >= 0.6 is 0 Å². The lowest BCUT2D eigenvalue weighted by Crippen LogP contribution is -2.43. The van der Waals surface area contributed by atoms with Crippen LogP contribution in [0.1, 0.15) is 33.1 Å². The molecule has 0 aliphatic carbocycles. The second kappa shape index (κ2) is 5.48. The second-order valence-corrected chi connectivity index (χ2v) is 4.32. The van der Waals surface area contributed by atoms with Crippen molar-refractivity contribution in [3.05, 3.63) is 0 Å². The van der Waals surface area contributed by atoms with Crippen molar-refractivity contribution in [1.82, 2.24) is 0 Å². The van der Waals surface area contributed by atoms with Gasteiger partial charge in [-0.1, -0.05) is 13.8 Å². The standard InChI is InChI=1S/C10H16O6/c1-10(2,5-8(13)14)6(9(15)16)3-4-7(11)12/h6H,3-5H2,1-2H3,(H,11,12)(H,13,14)(H,15,16)/p-3/t6-/m0/s1. The summed E-state index contributed by atoms with van der Waals surface area (Å²) in [5.74, 6) is -5.39. The van der Waals surface area contributed by atoms with Crippen LogP contribution in [0.4, 0.5) is 0 Å². The zero-order valence-corrected chi connectivity index (χ0v) is 9.15. The SMILES string of the molecule is CC(C)(CC(=O)[O-])[C@@H](CCC(=O)[O-])C(=O)[O-]. The second-order valence-electron chi connectivity index (χ2n) is 4.32. The van der Waals surface area contributed by atoms with Gasteiger partial charge in [0, 0.05) is 23.8 Å². The molecule has 0 aromatic carbocycles. The van der Waals surface area contributed by atoms with E-state index < -0.39 is 42.1 Å². The maximum Gasteiger partial charge on any atom is 0.0450 e. The Bertz CT molecular complexity index is 294. The van der Waals surface area contributed by atoms with Gasteiger partial charge in [-0.25, -0.2) is 0 Å². The van der Waals surface area contributed by atoms with Crippen LogP contribution in [0.3, 0.4) is 0 Å². The van der Waals surface area contributed by atoms with E-state index in [1.54, 1.807) is 0 Å². The van der Waals surface area contributed by atoms with Gasteiger partial charge in [0.05, 0.1) is 0 Å². The van der Waals surface area contributed by atoms with Gasteiger partial charge in [0.15, 0.2) is 0 Å². The lowest BCUT2D eigenvalue weighted by Gasteiger charge is -2.35. The monoisotopic (exact) mass is 229 g/mol. The largest absolute Gasteiger partial charge is 0.550 e. The van der Waals surface area contributed by atoms with Crippen LogP contribution in [0.25, 0.3) is 0 Å². The van der Waals surface area contributed by atoms with Gasteiger partial charge in [-0.2, -0.15) is 0 Å². The highest BCUT2D eigenvalue weighted by atomic mass is 16.4. The first-order valence-electron chi connectivity index (χ1n) is 4.77. The maximum atomic E-state index is 10.8. The van der Waals surface area contributed by atoms with Crippen LogP contribution < -0.4 is 15.3 Å². The van der Waals surface area contributed by atoms with Gasteiger partial charge in [0.25, 0.3) is 0 Å². The van der Waals surface area contributed by atoms with Crippen molar-refractivity contribution in [3.8, 4) is 0 Å². The van der Waals surface area contributed by atoms with Gasteiger partial charge in [-0.3, -0.25) is 0 Å². The van der Waals surface area contributed by atoms with Crippen LogP contribution in [-0.2, 0) is 14.4 Å². The predicted octanol–water partition coefficient (Wildman–Crippen LogP) is -2.95. The van der Waals surface area contributed by atoms with E-state index in [-0.39, 0.29) is 6.42 Å². The van der Waals surface area contributed by atoms with E-state index in [0.29, 0.717) is 0 Å². The number of carbonyl (C=O) groups excluding carboxylic acids is 3. The Kier molecular flexibility index (Phi) is 4.94. The summed E-state index contributed by atoms with van der Waals surface area (Å²) >= 11 is 0. The van der Waals surface area contributed by atoms with E-state index in [0.717, 1.165) is 0 Å². The quantitative estimate of drug-likeness (QED) is 0.460. The molecule has 0 rings (SSSR count). The molecule has 1 atom stereocenters. The molecule has 0 spiro atoms. The van der Waals surface area contributed by atoms with Crippen molar-refractivity contribution in [1.29, 1.82) is 0 Å². The highest BCUT2D eigenvalue weighted by Gasteiger charge is 2.30. The molecule has 0 fully saturated rings.